The summed E-state index contributed by atoms with van der Waals surface area (Å²) in [5.41, 5.74) is 2.27. The first-order chi connectivity index (χ1) is 5.88. The van der Waals surface area contributed by atoms with Gasteiger partial charge in [-0.2, -0.15) is 0 Å². The largest absolute Gasteiger partial charge is 0.267 e. The molecule has 0 saturated carbocycles. The number of hydrogen-bond acceptors (Lipinski definition) is 1. The summed E-state index contributed by atoms with van der Waals surface area (Å²) in [6, 6.07) is 8.05. The van der Waals surface area contributed by atoms with Crippen LogP contribution < -0.4 is 0 Å². The molecule has 0 spiro atoms. The van der Waals surface area contributed by atoms with E-state index in [9.17, 15) is 0 Å². The molecule has 1 unspecified atom stereocenters. The van der Waals surface area contributed by atoms with Gasteiger partial charge in [-0.05, 0) is 17.2 Å². The molecule has 0 aliphatic carbocycles. The van der Waals surface area contributed by atoms with Crippen LogP contribution in [0.1, 0.15) is 16.5 Å². The van der Waals surface area contributed by atoms with Crippen LogP contribution in [-0.2, 0) is 0 Å². The summed E-state index contributed by atoms with van der Waals surface area (Å²) < 4.78 is 0. The second kappa shape index (κ2) is 3.11. The summed E-state index contributed by atoms with van der Waals surface area (Å²) in [5.74, 6) is 0. The van der Waals surface area contributed by atoms with Crippen molar-refractivity contribution in [3.63, 3.8) is 0 Å². The predicted octanol–water partition coefficient (Wildman–Crippen LogP) is 3.02. The fourth-order valence-corrected chi connectivity index (χ4v) is 1.51. The lowest BCUT2D eigenvalue weighted by Crippen LogP contribution is -1.92. The number of benzene rings is 1. The van der Waals surface area contributed by atoms with E-state index in [1.165, 1.54) is 0 Å². The van der Waals surface area contributed by atoms with Gasteiger partial charge in [0.1, 0.15) is 0 Å². The first kappa shape index (κ1) is 7.56. The Balaban J connectivity index is 2.56. The van der Waals surface area contributed by atoms with Gasteiger partial charge in [0, 0.05) is 12.4 Å². The number of nitrogens with zero attached hydrogens (tertiary/aromatic N) is 1. The third kappa shape index (κ3) is 1.28. The minimum atomic E-state index is -0.101. The molecule has 0 saturated heterocycles. The number of fused-ring (bicyclic) bond motifs is 1. The lowest BCUT2D eigenvalue weighted by Gasteiger charge is -2.05. The lowest BCUT2D eigenvalue weighted by atomic mass is 10.1. The molecule has 1 aliphatic heterocycles. The molecule has 0 aromatic heterocycles. The fourth-order valence-electron chi connectivity index (χ4n) is 1.24. The molecule has 0 N–H and O–H groups in total. The van der Waals surface area contributed by atoms with Crippen molar-refractivity contribution >= 4 is 23.9 Å². The molecule has 0 fully saturated rings. The Morgan fingerprint density at radius 3 is 3.00 bits per heavy atom. The van der Waals surface area contributed by atoms with Crippen molar-refractivity contribution < 1.29 is 0 Å². The van der Waals surface area contributed by atoms with E-state index in [0.29, 0.717) is 0 Å². The summed E-state index contributed by atoms with van der Waals surface area (Å²) in [6.45, 7) is 0. The van der Waals surface area contributed by atoms with Crippen molar-refractivity contribution in [3.8, 4) is 0 Å². The highest BCUT2D eigenvalue weighted by Gasteiger charge is 2.09. The van der Waals surface area contributed by atoms with Crippen molar-refractivity contribution in [3.05, 3.63) is 41.6 Å². The van der Waals surface area contributed by atoms with Crippen LogP contribution in [0, 0.1) is 0 Å². The van der Waals surface area contributed by atoms with Gasteiger partial charge < -0.3 is 0 Å². The molecule has 1 atom stereocenters. The zero-order valence-electron chi connectivity index (χ0n) is 6.44. The molecular weight excluding hydrogens is 170 g/mol. The molecule has 1 nitrogen and oxygen atoms in total. The number of aliphatic imine (C=N–C) groups is 1. The van der Waals surface area contributed by atoms with Gasteiger partial charge in [-0.25, -0.2) is 0 Å². The predicted molar refractivity (Wildman–Crippen MR) is 52.6 cm³/mol. The van der Waals surface area contributed by atoms with Gasteiger partial charge in [0.15, 0.2) is 0 Å². The first-order valence-corrected chi connectivity index (χ1v) is 4.24. The minimum absolute atomic E-state index is 0.101. The van der Waals surface area contributed by atoms with Gasteiger partial charge in [-0.1, -0.05) is 24.3 Å². The van der Waals surface area contributed by atoms with Gasteiger partial charge in [-0.3, -0.25) is 4.99 Å². The van der Waals surface area contributed by atoms with Crippen molar-refractivity contribution in [2.45, 2.75) is 5.38 Å². The van der Waals surface area contributed by atoms with E-state index in [-0.39, 0.29) is 5.38 Å². The Hall–Kier alpha value is -1.08. The second-order valence-corrected chi connectivity index (χ2v) is 3.11. The molecule has 2 heteroatoms. The summed E-state index contributed by atoms with van der Waals surface area (Å²) in [7, 11) is 0. The molecule has 2 rings (SSSR count). The molecule has 0 radical (unpaired) electrons. The number of alkyl halides is 1. The first-order valence-electron chi connectivity index (χ1n) is 3.81. The molecule has 0 amide bonds. The number of hydrogen-bond donors (Lipinski definition) is 0. The van der Waals surface area contributed by atoms with Crippen LogP contribution >= 0.6 is 11.6 Å². The maximum absolute atomic E-state index is 6.06. The van der Waals surface area contributed by atoms with Gasteiger partial charge in [0.25, 0.3) is 0 Å². The molecule has 60 valence electrons. The van der Waals surface area contributed by atoms with Crippen LogP contribution in [0.25, 0.3) is 6.08 Å². The average Bonchev–Trinajstić information content (AvgIpc) is 2.29. The summed E-state index contributed by atoms with van der Waals surface area (Å²) in [5, 5.41) is -0.101. The van der Waals surface area contributed by atoms with Crippen molar-refractivity contribution in [1.82, 2.24) is 0 Å². The number of halogens is 1. The van der Waals surface area contributed by atoms with Crippen molar-refractivity contribution in [1.29, 1.82) is 0 Å². The van der Waals surface area contributed by atoms with Crippen LogP contribution in [0.4, 0.5) is 0 Å². The third-order valence-corrected chi connectivity index (χ3v) is 2.20. The van der Waals surface area contributed by atoms with E-state index in [1.54, 1.807) is 12.4 Å². The molecule has 12 heavy (non-hydrogen) atoms. The SMILES string of the molecule is ClC1C=NC=Cc2ccccc21. The monoisotopic (exact) mass is 177 g/mol. The third-order valence-electron chi connectivity index (χ3n) is 1.85. The van der Waals surface area contributed by atoms with E-state index >= 15 is 0 Å². The van der Waals surface area contributed by atoms with Crippen LogP contribution in [-0.4, -0.2) is 6.21 Å². The Labute approximate surface area is 76.4 Å². The van der Waals surface area contributed by atoms with E-state index in [0.717, 1.165) is 11.1 Å². The molecule has 0 bridgehead atoms. The van der Waals surface area contributed by atoms with E-state index in [2.05, 4.69) is 4.99 Å². The van der Waals surface area contributed by atoms with Crippen LogP contribution in [0.3, 0.4) is 0 Å². The van der Waals surface area contributed by atoms with Crippen molar-refractivity contribution in [2.24, 2.45) is 4.99 Å². The summed E-state index contributed by atoms with van der Waals surface area (Å²) in [6.07, 6.45) is 5.47. The molecule has 1 aromatic rings. The van der Waals surface area contributed by atoms with Crippen LogP contribution in [0.15, 0.2) is 35.5 Å². The summed E-state index contributed by atoms with van der Waals surface area (Å²) >= 11 is 6.06. The Morgan fingerprint density at radius 2 is 2.08 bits per heavy atom. The zero-order valence-corrected chi connectivity index (χ0v) is 7.20. The normalized spacial score (nSPS) is 20.2. The lowest BCUT2D eigenvalue weighted by molar-refractivity contribution is 1.29. The molecule has 1 aromatic carbocycles. The Bertz CT molecular complexity index is 341. The van der Waals surface area contributed by atoms with Crippen LogP contribution in [0.5, 0.6) is 0 Å². The average molecular weight is 178 g/mol. The highest BCUT2D eigenvalue weighted by molar-refractivity contribution is 6.28. The minimum Gasteiger partial charge on any atom is -0.267 e. The molecular formula is C10H8ClN. The van der Waals surface area contributed by atoms with Gasteiger partial charge in [0.05, 0.1) is 5.38 Å². The second-order valence-electron chi connectivity index (χ2n) is 2.64. The highest BCUT2D eigenvalue weighted by Crippen LogP contribution is 2.25. The van der Waals surface area contributed by atoms with Crippen LogP contribution in [0.2, 0.25) is 0 Å². The smallest absolute Gasteiger partial charge is 0.0943 e. The van der Waals surface area contributed by atoms with Gasteiger partial charge in [0.2, 0.25) is 0 Å². The summed E-state index contributed by atoms with van der Waals surface area (Å²) in [4.78, 5) is 4.03. The highest BCUT2D eigenvalue weighted by atomic mass is 35.5. The van der Waals surface area contributed by atoms with Crippen molar-refractivity contribution in [2.75, 3.05) is 0 Å². The maximum Gasteiger partial charge on any atom is 0.0943 e. The zero-order chi connectivity index (χ0) is 8.39. The van der Waals surface area contributed by atoms with Gasteiger partial charge in [-0.15, -0.1) is 11.6 Å². The topological polar surface area (TPSA) is 12.4 Å². The Kier molecular flexibility index (Phi) is 1.96. The Morgan fingerprint density at radius 1 is 1.25 bits per heavy atom. The quantitative estimate of drug-likeness (QED) is 0.541. The van der Waals surface area contributed by atoms with Gasteiger partial charge >= 0.3 is 0 Å². The maximum atomic E-state index is 6.06. The van der Waals surface area contributed by atoms with E-state index in [4.69, 9.17) is 11.6 Å². The standard InChI is InChI=1S/C10H8ClN/c11-10-7-12-6-5-8-3-1-2-4-9(8)10/h1-7,10H. The van der Waals surface area contributed by atoms with E-state index in [1.807, 2.05) is 30.3 Å². The molecule has 1 heterocycles. The number of rotatable bonds is 0. The fraction of sp³-hybridized carbons (Fsp3) is 0.100. The van der Waals surface area contributed by atoms with E-state index < -0.39 is 0 Å². The molecule has 1 aliphatic rings.